The van der Waals surface area contributed by atoms with Crippen molar-refractivity contribution >= 4 is 27.5 Å². The summed E-state index contributed by atoms with van der Waals surface area (Å²) in [4.78, 5) is 26.8. The standard InChI is InChI=1S/C21H27N3O4S/c1-16-9-8-10-18(13-16)14-23(17(2)21(26)22-3)20(25)15-24(29(4,27)28)19-11-6-5-7-12-19/h5-13,17H,14-15H2,1-4H3,(H,22,26)/t17-/m0/s1. The Morgan fingerprint density at radius 1 is 1.07 bits per heavy atom. The Morgan fingerprint density at radius 2 is 1.72 bits per heavy atom. The highest BCUT2D eigenvalue weighted by molar-refractivity contribution is 7.92. The van der Waals surface area contributed by atoms with Crippen molar-refractivity contribution in [1.29, 1.82) is 0 Å². The van der Waals surface area contributed by atoms with Crippen LogP contribution in [-0.2, 0) is 26.2 Å². The molecule has 0 saturated carbocycles. The van der Waals surface area contributed by atoms with Gasteiger partial charge in [0.05, 0.1) is 11.9 Å². The monoisotopic (exact) mass is 417 g/mol. The van der Waals surface area contributed by atoms with Gasteiger partial charge >= 0.3 is 0 Å². The summed E-state index contributed by atoms with van der Waals surface area (Å²) >= 11 is 0. The predicted octanol–water partition coefficient (Wildman–Crippen LogP) is 1.92. The number of likely N-dealkylation sites (N-methyl/N-ethyl adjacent to an activating group) is 1. The number of amides is 2. The molecule has 0 unspecified atom stereocenters. The highest BCUT2D eigenvalue weighted by Crippen LogP contribution is 2.18. The number of carbonyl (C=O) groups is 2. The van der Waals surface area contributed by atoms with Gasteiger partial charge in [-0.05, 0) is 31.5 Å². The van der Waals surface area contributed by atoms with Crippen molar-refractivity contribution in [2.75, 3.05) is 24.2 Å². The van der Waals surface area contributed by atoms with Crippen LogP contribution in [0.2, 0.25) is 0 Å². The number of anilines is 1. The summed E-state index contributed by atoms with van der Waals surface area (Å²) < 4.78 is 25.7. The quantitative estimate of drug-likeness (QED) is 0.711. The lowest BCUT2D eigenvalue weighted by Gasteiger charge is -2.31. The minimum atomic E-state index is -3.69. The minimum Gasteiger partial charge on any atom is -0.357 e. The molecule has 0 aromatic heterocycles. The molecule has 29 heavy (non-hydrogen) atoms. The normalized spacial score (nSPS) is 12.1. The summed E-state index contributed by atoms with van der Waals surface area (Å²) in [5.41, 5.74) is 2.29. The smallest absolute Gasteiger partial charge is 0.244 e. The lowest BCUT2D eigenvalue weighted by molar-refractivity contribution is -0.139. The Kier molecular flexibility index (Phi) is 7.39. The van der Waals surface area contributed by atoms with E-state index in [4.69, 9.17) is 0 Å². The van der Waals surface area contributed by atoms with E-state index in [2.05, 4.69) is 5.32 Å². The van der Waals surface area contributed by atoms with Crippen LogP contribution in [-0.4, -0.2) is 51.0 Å². The van der Waals surface area contributed by atoms with Crippen molar-refractivity contribution in [3.05, 3.63) is 65.7 Å². The molecule has 2 amide bonds. The molecule has 0 fully saturated rings. The number of para-hydroxylation sites is 1. The van der Waals surface area contributed by atoms with Crippen molar-refractivity contribution in [2.24, 2.45) is 0 Å². The van der Waals surface area contributed by atoms with Crippen LogP contribution < -0.4 is 9.62 Å². The third-order valence-electron chi connectivity index (χ3n) is 4.57. The molecule has 2 aromatic carbocycles. The summed E-state index contributed by atoms with van der Waals surface area (Å²) in [7, 11) is -2.19. The summed E-state index contributed by atoms with van der Waals surface area (Å²) in [6.07, 6.45) is 1.06. The Balaban J connectivity index is 2.35. The van der Waals surface area contributed by atoms with Crippen LogP contribution in [0.1, 0.15) is 18.1 Å². The zero-order chi connectivity index (χ0) is 21.6. The van der Waals surface area contributed by atoms with Gasteiger partial charge in [-0.1, -0.05) is 48.0 Å². The molecule has 2 aromatic rings. The lowest BCUT2D eigenvalue weighted by Crippen LogP contribution is -2.50. The van der Waals surface area contributed by atoms with E-state index < -0.39 is 28.5 Å². The maximum absolute atomic E-state index is 13.2. The van der Waals surface area contributed by atoms with Gasteiger partial charge in [0.1, 0.15) is 12.6 Å². The molecule has 0 bridgehead atoms. The zero-order valence-electron chi connectivity index (χ0n) is 17.1. The highest BCUT2D eigenvalue weighted by atomic mass is 32.2. The van der Waals surface area contributed by atoms with Crippen LogP contribution in [0.4, 0.5) is 5.69 Å². The SMILES string of the molecule is CNC(=O)[C@H](C)N(Cc1cccc(C)c1)C(=O)CN(c1ccccc1)S(C)(=O)=O. The average Bonchev–Trinajstić information content (AvgIpc) is 2.68. The topological polar surface area (TPSA) is 86.8 Å². The van der Waals surface area contributed by atoms with Crippen molar-refractivity contribution in [3.63, 3.8) is 0 Å². The van der Waals surface area contributed by atoms with E-state index in [1.54, 1.807) is 37.3 Å². The fourth-order valence-corrected chi connectivity index (χ4v) is 3.86. The predicted molar refractivity (Wildman–Crippen MR) is 114 cm³/mol. The fraction of sp³-hybridized carbons (Fsp3) is 0.333. The number of rotatable bonds is 8. The number of nitrogens with zero attached hydrogens (tertiary/aromatic N) is 2. The van der Waals surface area contributed by atoms with Crippen LogP contribution in [0.15, 0.2) is 54.6 Å². The fourth-order valence-electron chi connectivity index (χ4n) is 3.01. The van der Waals surface area contributed by atoms with Gasteiger partial charge in [0, 0.05) is 13.6 Å². The second-order valence-electron chi connectivity index (χ2n) is 6.91. The van der Waals surface area contributed by atoms with Gasteiger partial charge in [-0.3, -0.25) is 13.9 Å². The molecule has 1 N–H and O–H groups in total. The Labute approximate surface area is 172 Å². The van der Waals surface area contributed by atoms with Gasteiger partial charge in [0.15, 0.2) is 0 Å². The number of aryl methyl sites for hydroxylation is 1. The van der Waals surface area contributed by atoms with E-state index >= 15 is 0 Å². The number of sulfonamides is 1. The average molecular weight is 418 g/mol. The van der Waals surface area contributed by atoms with E-state index in [0.29, 0.717) is 5.69 Å². The van der Waals surface area contributed by atoms with Crippen molar-refractivity contribution in [2.45, 2.75) is 26.4 Å². The lowest BCUT2D eigenvalue weighted by atomic mass is 10.1. The molecular weight excluding hydrogens is 390 g/mol. The van der Waals surface area contributed by atoms with Crippen molar-refractivity contribution in [3.8, 4) is 0 Å². The first-order valence-corrected chi connectivity index (χ1v) is 11.1. The summed E-state index contributed by atoms with van der Waals surface area (Å²) in [6, 6.07) is 15.3. The second kappa shape index (κ2) is 9.56. The molecule has 0 saturated heterocycles. The molecule has 0 spiro atoms. The first-order valence-electron chi connectivity index (χ1n) is 9.23. The molecule has 0 radical (unpaired) electrons. The van der Waals surface area contributed by atoms with E-state index in [0.717, 1.165) is 21.7 Å². The molecular formula is C21H27N3O4S. The molecule has 0 aliphatic heterocycles. The number of benzene rings is 2. The van der Waals surface area contributed by atoms with Crippen LogP contribution in [0.5, 0.6) is 0 Å². The van der Waals surface area contributed by atoms with Gasteiger partial charge in [0.2, 0.25) is 21.8 Å². The Hall–Kier alpha value is -2.87. The molecule has 7 nitrogen and oxygen atoms in total. The third kappa shape index (κ3) is 6.05. The summed E-state index contributed by atoms with van der Waals surface area (Å²) in [5.74, 6) is -0.784. The molecule has 8 heteroatoms. The molecule has 0 aliphatic carbocycles. The molecule has 2 rings (SSSR count). The second-order valence-corrected chi connectivity index (χ2v) is 8.81. The van der Waals surface area contributed by atoms with Crippen LogP contribution in [0, 0.1) is 6.92 Å². The molecule has 0 aliphatic rings. The van der Waals surface area contributed by atoms with Crippen LogP contribution in [0.3, 0.4) is 0 Å². The first-order chi connectivity index (χ1) is 13.6. The van der Waals surface area contributed by atoms with Gasteiger partial charge in [-0.2, -0.15) is 0 Å². The summed E-state index contributed by atoms with van der Waals surface area (Å²) in [6.45, 7) is 3.37. The molecule has 156 valence electrons. The van der Waals surface area contributed by atoms with Gasteiger partial charge in [-0.15, -0.1) is 0 Å². The van der Waals surface area contributed by atoms with Gasteiger partial charge in [0.25, 0.3) is 0 Å². The third-order valence-corrected chi connectivity index (χ3v) is 5.71. The van der Waals surface area contributed by atoms with Crippen LogP contribution >= 0.6 is 0 Å². The largest absolute Gasteiger partial charge is 0.357 e. The molecule has 0 heterocycles. The van der Waals surface area contributed by atoms with E-state index in [9.17, 15) is 18.0 Å². The number of hydrogen-bond donors (Lipinski definition) is 1. The number of hydrogen-bond acceptors (Lipinski definition) is 4. The molecule has 1 atom stereocenters. The van der Waals surface area contributed by atoms with Gasteiger partial charge < -0.3 is 10.2 Å². The Morgan fingerprint density at radius 3 is 2.28 bits per heavy atom. The summed E-state index contributed by atoms with van der Waals surface area (Å²) in [5, 5.41) is 2.55. The highest BCUT2D eigenvalue weighted by Gasteiger charge is 2.29. The van der Waals surface area contributed by atoms with Crippen molar-refractivity contribution < 1.29 is 18.0 Å². The maximum Gasteiger partial charge on any atom is 0.244 e. The maximum atomic E-state index is 13.2. The first kappa shape index (κ1) is 22.4. The van der Waals surface area contributed by atoms with E-state index in [1.165, 1.54) is 11.9 Å². The number of carbonyl (C=O) groups excluding carboxylic acids is 2. The van der Waals surface area contributed by atoms with Crippen molar-refractivity contribution in [1.82, 2.24) is 10.2 Å². The Bertz CT molecular complexity index is 961. The van der Waals surface area contributed by atoms with Crippen LogP contribution in [0.25, 0.3) is 0 Å². The zero-order valence-corrected chi connectivity index (χ0v) is 17.9. The minimum absolute atomic E-state index is 0.196. The van der Waals surface area contributed by atoms with E-state index in [-0.39, 0.29) is 12.5 Å². The van der Waals surface area contributed by atoms with Gasteiger partial charge in [-0.25, -0.2) is 8.42 Å². The number of nitrogens with one attached hydrogen (secondary N) is 1. The van der Waals surface area contributed by atoms with E-state index in [1.807, 2.05) is 31.2 Å².